The van der Waals surface area contributed by atoms with Gasteiger partial charge in [0.25, 0.3) is 0 Å². The van der Waals surface area contributed by atoms with Gasteiger partial charge in [-0.25, -0.2) is 0 Å². The van der Waals surface area contributed by atoms with Gasteiger partial charge < -0.3 is 4.74 Å². The van der Waals surface area contributed by atoms with E-state index >= 15 is 0 Å². The molecule has 3 unspecified atom stereocenters. The lowest BCUT2D eigenvalue weighted by molar-refractivity contribution is -0.143. The highest BCUT2D eigenvalue weighted by molar-refractivity contribution is 5.69. The molecule has 104 valence electrons. The first kappa shape index (κ1) is 14.8. The summed E-state index contributed by atoms with van der Waals surface area (Å²) in [5.74, 6) is 0.185. The fraction of sp³-hybridized carbons (Fsp3) is 0.923. The molecule has 0 radical (unpaired) electrons. The van der Waals surface area contributed by atoms with Crippen molar-refractivity contribution in [3.05, 3.63) is 10.4 Å². The van der Waals surface area contributed by atoms with Crippen LogP contribution in [0.1, 0.15) is 54.2 Å². The van der Waals surface area contributed by atoms with Gasteiger partial charge in [0.15, 0.2) is 0 Å². The van der Waals surface area contributed by atoms with Crippen molar-refractivity contribution in [2.75, 3.05) is 13.2 Å². The molecule has 18 heavy (non-hydrogen) atoms. The smallest absolute Gasteiger partial charge is 0.305 e. The summed E-state index contributed by atoms with van der Waals surface area (Å²) in [5.41, 5.74) is 8.35. The van der Waals surface area contributed by atoms with E-state index < -0.39 is 12.4 Å². The van der Waals surface area contributed by atoms with Gasteiger partial charge in [0.2, 0.25) is 0 Å². The summed E-state index contributed by atoms with van der Waals surface area (Å²) < 4.78 is 12.7. The zero-order valence-electron chi connectivity index (χ0n) is 12.6. The Labute approximate surface area is 111 Å². The van der Waals surface area contributed by atoms with E-state index in [1.165, 1.54) is 0 Å². The van der Waals surface area contributed by atoms with E-state index in [2.05, 4.69) is 23.9 Å². The largest absolute Gasteiger partial charge is 0.466 e. The van der Waals surface area contributed by atoms with Crippen LogP contribution in [0, 0.1) is 11.8 Å². The van der Waals surface area contributed by atoms with Crippen molar-refractivity contribution in [3.8, 4) is 0 Å². The van der Waals surface area contributed by atoms with Crippen LogP contribution >= 0.6 is 0 Å². The second kappa shape index (κ2) is 10.9. The van der Waals surface area contributed by atoms with Crippen molar-refractivity contribution < 1.29 is 10.9 Å². The molecule has 0 saturated carbocycles. The van der Waals surface area contributed by atoms with Crippen LogP contribution in [0.4, 0.5) is 0 Å². The predicted octanol–water partition coefficient (Wildman–Crippen LogP) is 4.08. The molecule has 0 aromatic rings. The monoisotopic (exact) mass is 256 g/mol. The molecular formula is C13H25N3O2. The molecule has 0 rings (SSSR count). The third-order valence-electron chi connectivity index (χ3n) is 3.13. The van der Waals surface area contributed by atoms with E-state index in [4.69, 9.17) is 11.6 Å². The fourth-order valence-electron chi connectivity index (χ4n) is 1.89. The Morgan fingerprint density at radius 2 is 2.06 bits per heavy atom. The topological polar surface area (TPSA) is 75.1 Å². The summed E-state index contributed by atoms with van der Waals surface area (Å²) in [4.78, 5) is 14.2. The lowest BCUT2D eigenvalue weighted by Crippen LogP contribution is -2.13. The van der Waals surface area contributed by atoms with Crippen LogP contribution in [0.5, 0.6) is 0 Å². The van der Waals surface area contributed by atoms with Crippen LogP contribution in [-0.4, -0.2) is 19.1 Å². The number of carbonyl (C=O) groups is 1. The SMILES string of the molecule is [2H]C(CC(CC)CC(CC)CN=[N+]=[N-])C(=O)OCC. The number of hydrogen-bond donors (Lipinski definition) is 0. The van der Waals surface area contributed by atoms with Crippen molar-refractivity contribution in [2.45, 2.75) is 52.9 Å². The standard InChI is InChI=1S/C13H25N3O2/c1-4-11(7-8-13(17)18-6-3)9-12(5-2)10-15-16-14/h11-12H,4-10H2,1-3H3/i8D. The number of hydrogen-bond acceptors (Lipinski definition) is 3. The van der Waals surface area contributed by atoms with Crippen LogP contribution in [0.15, 0.2) is 5.11 Å². The van der Waals surface area contributed by atoms with E-state index in [9.17, 15) is 4.79 Å². The van der Waals surface area contributed by atoms with E-state index in [0.29, 0.717) is 31.4 Å². The maximum absolute atomic E-state index is 11.4. The van der Waals surface area contributed by atoms with E-state index in [1.807, 2.05) is 0 Å². The molecular weight excluding hydrogens is 230 g/mol. The minimum Gasteiger partial charge on any atom is -0.466 e. The average molecular weight is 256 g/mol. The van der Waals surface area contributed by atoms with Gasteiger partial charge >= 0.3 is 5.97 Å². The lowest BCUT2D eigenvalue weighted by atomic mass is 9.88. The lowest BCUT2D eigenvalue weighted by Gasteiger charge is -2.20. The molecule has 0 aliphatic heterocycles. The Bertz CT molecular complexity index is 306. The first-order chi connectivity index (χ1) is 9.08. The molecule has 0 aromatic heterocycles. The maximum atomic E-state index is 11.4. The molecule has 5 nitrogen and oxygen atoms in total. The quantitative estimate of drug-likeness (QED) is 0.255. The molecule has 0 aliphatic carbocycles. The molecule has 5 heteroatoms. The fourth-order valence-corrected chi connectivity index (χ4v) is 1.89. The van der Waals surface area contributed by atoms with Crippen molar-refractivity contribution in [3.63, 3.8) is 0 Å². The van der Waals surface area contributed by atoms with Gasteiger partial charge in [0.05, 0.1) is 6.61 Å². The van der Waals surface area contributed by atoms with Crippen molar-refractivity contribution in [1.29, 1.82) is 0 Å². The summed E-state index contributed by atoms with van der Waals surface area (Å²) in [6, 6.07) is 0. The van der Waals surface area contributed by atoms with Gasteiger partial charge in [-0.3, -0.25) is 4.79 Å². The highest BCUT2D eigenvalue weighted by Gasteiger charge is 2.15. The van der Waals surface area contributed by atoms with Crippen LogP contribution in [-0.2, 0) is 9.53 Å². The van der Waals surface area contributed by atoms with Crippen molar-refractivity contribution in [2.24, 2.45) is 17.0 Å². The van der Waals surface area contributed by atoms with E-state index in [-0.39, 0.29) is 0 Å². The Kier molecular flexibility index (Phi) is 8.99. The first-order valence-corrected chi connectivity index (χ1v) is 6.68. The van der Waals surface area contributed by atoms with Gasteiger partial charge in [0, 0.05) is 19.2 Å². The minimum atomic E-state index is -0.804. The normalized spacial score (nSPS) is 16.1. The maximum Gasteiger partial charge on any atom is 0.305 e. The molecule has 0 heterocycles. The molecule has 0 N–H and O–H groups in total. The molecule has 0 bridgehead atoms. The summed E-state index contributed by atoms with van der Waals surface area (Å²) in [6.45, 7) is 6.68. The molecule has 0 saturated heterocycles. The second-order valence-corrected chi connectivity index (χ2v) is 4.39. The van der Waals surface area contributed by atoms with Gasteiger partial charge in [-0.1, -0.05) is 31.8 Å². The molecule has 0 spiro atoms. The number of carbonyl (C=O) groups excluding carboxylic acids is 1. The number of rotatable bonds is 10. The van der Waals surface area contributed by atoms with E-state index in [1.54, 1.807) is 6.92 Å². The summed E-state index contributed by atoms with van der Waals surface area (Å²) in [6.07, 6.45) is 2.46. The van der Waals surface area contributed by atoms with Crippen LogP contribution in [0.3, 0.4) is 0 Å². The van der Waals surface area contributed by atoms with Crippen molar-refractivity contribution in [1.82, 2.24) is 0 Å². The van der Waals surface area contributed by atoms with Gasteiger partial charge in [-0.15, -0.1) is 0 Å². The number of azide groups is 1. The van der Waals surface area contributed by atoms with Crippen LogP contribution < -0.4 is 0 Å². The number of esters is 1. The van der Waals surface area contributed by atoms with E-state index in [0.717, 1.165) is 19.3 Å². The van der Waals surface area contributed by atoms with Gasteiger partial charge in [-0.05, 0) is 37.1 Å². The number of ether oxygens (including phenoxy) is 1. The molecule has 0 fully saturated rings. The second-order valence-electron chi connectivity index (χ2n) is 4.39. The van der Waals surface area contributed by atoms with Crippen molar-refractivity contribution >= 4 is 5.97 Å². The van der Waals surface area contributed by atoms with Gasteiger partial charge in [0.1, 0.15) is 0 Å². The molecule has 0 aromatic carbocycles. The van der Waals surface area contributed by atoms with Gasteiger partial charge in [-0.2, -0.15) is 0 Å². The summed E-state index contributed by atoms with van der Waals surface area (Å²) in [5, 5.41) is 3.62. The zero-order valence-corrected chi connectivity index (χ0v) is 11.6. The predicted molar refractivity (Wildman–Crippen MR) is 72.1 cm³/mol. The Morgan fingerprint density at radius 1 is 1.39 bits per heavy atom. The summed E-state index contributed by atoms with van der Waals surface area (Å²) >= 11 is 0. The van der Waals surface area contributed by atoms with Crippen LogP contribution in [0.2, 0.25) is 0 Å². The van der Waals surface area contributed by atoms with Crippen LogP contribution in [0.25, 0.3) is 10.4 Å². The average Bonchev–Trinajstić information content (AvgIpc) is 2.42. The Hall–Kier alpha value is -1.22. The highest BCUT2D eigenvalue weighted by Crippen LogP contribution is 2.23. The Morgan fingerprint density at radius 3 is 2.56 bits per heavy atom. The molecule has 0 amide bonds. The molecule has 0 aliphatic rings. The summed E-state index contributed by atoms with van der Waals surface area (Å²) in [7, 11) is 0. The third-order valence-corrected chi connectivity index (χ3v) is 3.13. The number of nitrogens with zero attached hydrogens (tertiary/aromatic N) is 3. The molecule has 3 atom stereocenters. The Balaban J connectivity index is 4.32. The third kappa shape index (κ3) is 7.96. The zero-order chi connectivity index (χ0) is 14.7. The first-order valence-electron chi connectivity index (χ1n) is 7.26. The highest BCUT2D eigenvalue weighted by atomic mass is 16.5. The minimum absolute atomic E-state index is 0.297.